The van der Waals surface area contributed by atoms with Crippen molar-refractivity contribution in [3.05, 3.63) is 34.9 Å². The second-order valence-electron chi connectivity index (χ2n) is 4.30. The van der Waals surface area contributed by atoms with Gasteiger partial charge in [-0.2, -0.15) is 11.8 Å². The maximum Gasteiger partial charge on any atom is 0.191 e. The van der Waals surface area contributed by atoms with E-state index in [0.29, 0.717) is 5.25 Å². The molecule has 0 fully saturated rings. The summed E-state index contributed by atoms with van der Waals surface area (Å²) >= 11 is 7.70. The second-order valence-corrected chi connectivity index (χ2v) is 6.02. The summed E-state index contributed by atoms with van der Waals surface area (Å²) in [7, 11) is 1.79. The molecule has 106 valence electrons. The Labute approximate surface area is 125 Å². The number of guanidine groups is 1. The zero-order valence-corrected chi connectivity index (χ0v) is 13.3. The quantitative estimate of drug-likeness (QED) is 0.626. The van der Waals surface area contributed by atoms with E-state index >= 15 is 0 Å². The van der Waals surface area contributed by atoms with Gasteiger partial charge >= 0.3 is 0 Å². The number of benzene rings is 1. The number of halogens is 1. The molecular weight excluding hydrogens is 278 g/mol. The van der Waals surface area contributed by atoms with Crippen LogP contribution in [0.25, 0.3) is 0 Å². The van der Waals surface area contributed by atoms with Gasteiger partial charge < -0.3 is 10.6 Å². The van der Waals surface area contributed by atoms with Crippen LogP contribution in [-0.2, 0) is 6.42 Å². The lowest BCUT2D eigenvalue weighted by Gasteiger charge is -2.14. The maximum absolute atomic E-state index is 5.86. The van der Waals surface area contributed by atoms with Crippen LogP contribution in [-0.4, -0.2) is 37.6 Å². The molecule has 1 unspecified atom stereocenters. The molecule has 0 aromatic heterocycles. The highest BCUT2D eigenvalue weighted by molar-refractivity contribution is 7.99. The van der Waals surface area contributed by atoms with E-state index in [1.807, 2.05) is 23.9 Å². The molecule has 5 heteroatoms. The number of nitrogens with one attached hydrogen (secondary N) is 2. The van der Waals surface area contributed by atoms with Crippen molar-refractivity contribution >= 4 is 29.3 Å². The molecule has 0 amide bonds. The van der Waals surface area contributed by atoms with Crippen LogP contribution in [0, 0.1) is 0 Å². The molecule has 0 aliphatic rings. The van der Waals surface area contributed by atoms with Crippen LogP contribution < -0.4 is 10.6 Å². The van der Waals surface area contributed by atoms with E-state index in [9.17, 15) is 0 Å². The summed E-state index contributed by atoms with van der Waals surface area (Å²) in [5.41, 5.74) is 1.27. The van der Waals surface area contributed by atoms with E-state index < -0.39 is 0 Å². The molecule has 1 aromatic rings. The van der Waals surface area contributed by atoms with E-state index in [0.717, 1.165) is 30.5 Å². The van der Waals surface area contributed by atoms with Gasteiger partial charge in [0, 0.05) is 30.4 Å². The fraction of sp³-hybridized carbons (Fsp3) is 0.500. The van der Waals surface area contributed by atoms with Gasteiger partial charge in [-0.1, -0.05) is 30.7 Å². The Morgan fingerprint density at radius 2 is 2.00 bits per heavy atom. The number of hydrogen-bond acceptors (Lipinski definition) is 2. The first kappa shape index (κ1) is 16.2. The van der Waals surface area contributed by atoms with Crippen molar-refractivity contribution in [3.63, 3.8) is 0 Å². The summed E-state index contributed by atoms with van der Waals surface area (Å²) in [4.78, 5) is 4.20. The Morgan fingerprint density at radius 3 is 2.58 bits per heavy atom. The van der Waals surface area contributed by atoms with Crippen LogP contribution in [0.3, 0.4) is 0 Å². The van der Waals surface area contributed by atoms with Crippen LogP contribution in [0.15, 0.2) is 29.3 Å². The lowest BCUT2D eigenvalue weighted by Crippen LogP contribution is -2.40. The molecule has 19 heavy (non-hydrogen) atoms. The molecule has 0 saturated heterocycles. The zero-order valence-electron chi connectivity index (χ0n) is 11.7. The molecule has 0 aliphatic carbocycles. The number of hydrogen-bond donors (Lipinski definition) is 2. The monoisotopic (exact) mass is 299 g/mol. The van der Waals surface area contributed by atoms with E-state index in [2.05, 4.69) is 40.9 Å². The molecule has 0 spiro atoms. The SMILES string of the molecule is CN=C(NCCc1ccc(Cl)cc1)NCC(C)SC. The first-order chi connectivity index (χ1) is 9.15. The van der Waals surface area contributed by atoms with Gasteiger partial charge in [0.15, 0.2) is 5.96 Å². The van der Waals surface area contributed by atoms with Gasteiger partial charge in [0.05, 0.1) is 0 Å². The van der Waals surface area contributed by atoms with Crippen LogP contribution in [0.5, 0.6) is 0 Å². The standard InChI is InChI=1S/C14H22ClN3S/c1-11(19-3)10-18-14(16-2)17-9-8-12-4-6-13(15)7-5-12/h4-7,11H,8-10H2,1-3H3,(H2,16,17,18). The molecule has 2 N–H and O–H groups in total. The lowest BCUT2D eigenvalue weighted by molar-refractivity contribution is 0.781. The molecule has 3 nitrogen and oxygen atoms in total. The average Bonchev–Trinajstić information content (AvgIpc) is 2.44. The second kappa shape index (κ2) is 9.10. The highest BCUT2D eigenvalue weighted by Crippen LogP contribution is 2.09. The fourth-order valence-corrected chi connectivity index (χ4v) is 1.90. The summed E-state index contributed by atoms with van der Waals surface area (Å²) < 4.78 is 0. The van der Waals surface area contributed by atoms with Crippen molar-refractivity contribution in [3.8, 4) is 0 Å². The third-order valence-electron chi connectivity index (χ3n) is 2.80. The fourth-order valence-electron chi connectivity index (χ4n) is 1.52. The van der Waals surface area contributed by atoms with Crippen LogP contribution in [0.2, 0.25) is 5.02 Å². The van der Waals surface area contributed by atoms with E-state index in [4.69, 9.17) is 11.6 Å². The molecule has 0 saturated carbocycles. The highest BCUT2D eigenvalue weighted by atomic mass is 35.5. The van der Waals surface area contributed by atoms with Gasteiger partial charge in [-0.25, -0.2) is 0 Å². The van der Waals surface area contributed by atoms with Gasteiger partial charge in [0.25, 0.3) is 0 Å². The number of thioether (sulfide) groups is 1. The molecule has 0 bridgehead atoms. The minimum Gasteiger partial charge on any atom is -0.356 e. The molecule has 1 aromatic carbocycles. The Morgan fingerprint density at radius 1 is 1.32 bits per heavy atom. The average molecular weight is 300 g/mol. The molecule has 0 heterocycles. The molecule has 1 rings (SSSR count). The summed E-state index contributed by atoms with van der Waals surface area (Å²) in [6.07, 6.45) is 3.07. The normalized spacial score (nSPS) is 13.2. The first-order valence-electron chi connectivity index (χ1n) is 6.37. The number of nitrogens with zero attached hydrogens (tertiary/aromatic N) is 1. The predicted molar refractivity (Wildman–Crippen MR) is 87.5 cm³/mol. The first-order valence-corrected chi connectivity index (χ1v) is 8.04. The molecule has 0 aliphatic heterocycles. The van der Waals surface area contributed by atoms with Gasteiger partial charge in [-0.05, 0) is 30.4 Å². The number of aliphatic imine (C=N–C) groups is 1. The molecular formula is C14H22ClN3S. The Hall–Kier alpha value is -0.870. The van der Waals surface area contributed by atoms with Gasteiger partial charge in [0.1, 0.15) is 0 Å². The molecule has 1 atom stereocenters. The molecule has 0 radical (unpaired) electrons. The Balaban J connectivity index is 2.28. The van der Waals surface area contributed by atoms with Crippen molar-refractivity contribution in [1.82, 2.24) is 10.6 Å². The van der Waals surface area contributed by atoms with E-state index in [-0.39, 0.29) is 0 Å². The number of rotatable bonds is 6. The Bertz CT molecular complexity index is 392. The lowest BCUT2D eigenvalue weighted by atomic mass is 10.1. The largest absolute Gasteiger partial charge is 0.356 e. The van der Waals surface area contributed by atoms with Crippen LogP contribution in [0.4, 0.5) is 0 Å². The van der Waals surface area contributed by atoms with Crippen molar-refractivity contribution in [2.75, 3.05) is 26.4 Å². The maximum atomic E-state index is 5.86. The third kappa shape index (κ3) is 6.73. The van der Waals surface area contributed by atoms with Crippen molar-refractivity contribution < 1.29 is 0 Å². The summed E-state index contributed by atoms with van der Waals surface area (Å²) in [5, 5.41) is 7.98. The topological polar surface area (TPSA) is 36.4 Å². The summed E-state index contributed by atoms with van der Waals surface area (Å²) in [6.45, 7) is 3.97. The van der Waals surface area contributed by atoms with Crippen LogP contribution in [0.1, 0.15) is 12.5 Å². The van der Waals surface area contributed by atoms with Crippen molar-refractivity contribution in [1.29, 1.82) is 0 Å². The minimum absolute atomic E-state index is 0.579. The zero-order chi connectivity index (χ0) is 14.1. The van der Waals surface area contributed by atoms with Crippen molar-refractivity contribution in [2.45, 2.75) is 18.6 Å². The smallest absolute Gasteiger partial charge is 0.191 e. The van der Waals surface area contributed by atoms with Gasteiger partial charge in [-0.3, -0.25) is 4.99 Å². The third-order valence-corrected chi connectivity index (χ3v) is 4.03. The van der Waals surface area contributed by atoms with E-state index in [1.54, 1.807) is 7.05 Å². The van der Waals surface area contributed by atoms with Crippen molar-refractivity contribution in [2.24, 2.45) is 4.99 Å². The van der Waals surface area contributed by atoms with Gasteiger partial charge in [0.2, 0.25) is 0 Å². The highest BCUT2D eigenvalue weighted by Gasteiger charge is 2.01. The van der Waals surface area contributed by atoms with Gasteiger partial charge in [-0.15, -0.1) is 0 Å². The summed E-state index contributed by atoms with van der Waals surface area (Å²) in [6, 6.07) is 7.94. The van der Waals surface area contributed by atoms with Crippen LogP contribution >= 0.6 is 23.4 Å². The summed E-state index contributed by atoms with van der Waals surface area (Å²) in [5.74, 6) is 0.856. The minimum atomic E-state index is 0.579. The predicted octanol–water partition coefficient (Wildman–Crippen LogP) is 2.80. The van der Waals surface area contributed by atoms with E-state index in [1.165, 1.54) is 5.56 Å². The Kier molecular flexibility index (Phi) is 7.75.